The lowest BCUT2D eigenvalue weighted by atomic mass is 10.1. The summed E-state index contributed by atoms with van der Waals surface area (Å²) in [6, 6.07) is 42.8. The lowest BCUT2D eigenvalue weighted by Crippen LogP contribution is -2.02. The Hall–Kier alpha value is -6.40. The summed E-state index contributed by atoms with van der Waals surface area (Å²) in [4.78, 5) is 4.98. The van der Waals surface area contributed by atoms with Crippen LogP contribution in [0.3, 0.4) is 0 Å². The van der Waals surface area contributed by atoms with E-state index in [0.29, 0.717) is 0 Å². The van der Waals surface area contributed by atoms with E-state index in [1.54, 1.807) is 0 Å². The van der Waals surface area contributed by atoms with Crippen LogP contribution in [-0.4, -0.2) is 23.7 Å². The molecule has 0 aliphatic carbocycles. The summed E-state index contributed by atoms with van der Waals surface area (Å²) < 4.78 is 13.3. The maximum atomic E-state index is 6.59. The first kappa shape index (κ1) is 28.6. The molecule has 10 rings (SSSR count). The van der Waals surface area contributed by atoms with Crippen LogP contribution >= 0.6 is 0 Å². The first-order valence-corrected chi connectivity index (χ1v) is 17.0. The number of fused-ring (bicyclic) bond motifs is 9. The Morgan fingerprint density at radius 1 is 0.520 bits per heavy atom. The van der Waals surface area contributed by atoms with Gasteiger partial charge in [0.25, 0.3) is 0 Å². The minimum atomic E-state index is 0.755. The highest BCUT2D eigenvalue weighted by molar-refractivity contribution is 6.12. The van der Waals surface area contributed by atoms with Gasteiger partial charge in [-0.1, -0.05) is 60.7 Å². The standard InChI is InChI=1S/C44H33N5O/c1-26-9-7-12-36-37-13-8-10-27(2)44(37)47(43(26)36)31-21-22-45-42(23-31)48-39-14-6-5-11-34(39)35-19-18-33(25-41(35)48)50-32-17-15-30-16-20-38-28(3)29(4)46-49(38)40(30)24-32/h5-25H,1-4H3. The molecule has 0 saturated carbocycles. The van der Waals surface area contributed by atoms with Gasteiger partial charge >= 0.3 is 0 Å². The summed E-state index contributed by atoms with van der Waals surface area (Å²) in [7, 11) is 0. The van der Waals surface area contributed by atoms with Crippen molar-refractivity contribution < 1.29 is 4.74 Å². The molecule has 0 aliphatic rings. The number of ether oxygens (including phenoxy) is 1. The van der Waals surface area contributed by atoms with Gasteiger partial charge in [0.2, 0.25) is 0 Å². The highest BCUT2D eigenvalue weighted by atomic mass is 16.5. The lowest BCUT2D eigenvalue weighted by molar-refractivity contribution is 0.484. The molecule has 5 heterocycles. The van der Waals surface area contributed by atoms with E-state index < -0.39 is 0 Å². The van der Waals surface area contributed by atoms with Crippen LogP contribution in [-0.2, 0) is 0 Å². The number of hydrogen-bond acceptors (Lipinski definition) is 3. The quantitative estimate of drug-likeness (QED) is 0.191. The Morgan fingerprint density at radius 3 is 1.96 bits per heavy atom. The molecule has 0 fully saturated rings. The van der Waals surface area contributed by atoms with Crippen molar-refractivity contribution in [3.8, 4) is 23.0 Å². The van der Waals surface area contributed by atoms with Crippen LogP contribution < -0.4 is 4.74 Å². The fraction of sp³-hybridized carbons (Fsp3) is 0.0909. The first-order chi connectivity index (χ1) is 24.4. The number of benzene rings is 5. The van der Waals surface area contributed by atoms with E-state index in [1.807, 2.05) is 16.8 Å². The Balaban J connectivity index is 1.15. The van der Waals surface area contributed by atoms with Crippen molar-refractivity contribution in [1.82, 2.24) is 23.7 Å². The molecule has 0 radical (unpaired) electrons. The third kappa shape index (κ3) is 4.08. The molecule has 6 heteroatoms. The third-order valence-electron chi connectivity index (χ3n) is 10.4. The zero-order valence-corrected chi connectivity index (χ0v) is 28.3. The van der Waals surface area contributed by atoms with E-state index in [4.69, 9.17) is 14.8 Å². The van der Waals surface area contributed by atoms with Gasteiger partial charge in [-0.05, 0) is 86.8 Å². The van der Waals surface area contributed by atoms with Crippen molar-refractivity contribution in [2.75, 3.05) is 0 Å². The van der Waals surface area contributed by atoms with Crippen molar-refractivity contribution in [3.63, 3.8) is 0 Å². The van der Waals surface area contributed by atoms with E-state index in [-0.39, 0.29) is 0 Å². The van der Waals surface area contributed by atoms with Gasteiger partial charge < -0.3 is 9.30 Å². The Bertz CT molecular complexity index is 2950. The maximum absolute atomic E-state index is 6.59. The third-order valence-corrected chi connectivity index (χ3v) is 10.4. The summed E-state index contributed by atoms with van der Waals surface area (Å²) in [5.41, 5.74) is 12.5. The Kier molecular flexibility index (Phi) is 6.03. The monoisotopic (exact) mass is 647 g/mol. The number of para-hydroxylation sites is 3. The summed E-state index contributed by atoms with van der Waals surface area (Å²) in [6.45, 7) is 8.56. The van der Waals surface area contributed by atoms with E-state index in [2.05, 4.69) is 152 Å². The number of rotatable bonds is 4. The predicted octanol–water partition coefficient (Wildman–Crippen LogP) is 11.1. The van der Waals surface area contributed by atoms with Gasteiger partial charge in [0.15, 0.2) is 0 Å². The van der Waals surface area contributed by atoms with Gasteiger partial charge in [0, 0.05) is 51.3 Å². The van der Waals surface area contributed by atoms with Crippen LogP contribution in [0.1, 0.15) is 22.4 Å². The number of hydrogen-bond donors (Lipinski definition) is 0. The Labute approximate surface area is 288 Å². The second-order valence-corrected chi connectivity index (χ2v) is 13.3. The van der Waals surface area contributed by atoms with Crippen molar-refractivity contribution in [2.24, 2.45) is 0 Å². The van der Waals surface area contributed by atoms with Crippen LogP contribution in [0.25, 0.3) is 71.5 Å². The molecule has 0 atom stereocenters. The van der Waals surface area contributed by atoms with Gasteiger partial charge in [-0.2, -0.15) is 5.10 Å². The normalized spacial score (nSPS) is 12.0. The van der Waals surface area contributed by atoms with Crippen molar-refractivity contribution in [3.05, 3.63) is 150 Å². The van der Waals surface area contributed by atoms with Gasteiger partial charge in [-0.15, -0.1) is 0 Å². The van der Waals surface area contributed by atoms with E-state index in [1.165, 1.54) is 43.9 Å². The summed E-state index contributed by atoms with van der Waals surface area (Å²) in [6.07, 6.45) is 1.92. The zero-order valence-electron chi connectivity index (χ0n) is 28.3. The largest absolute Gasteiger partial charge is 0.457 e. The molecule has 5 aromatic heterocycles. The minimum Gasteiger partial charge on any atom is -0.457 e. The molecule has 0 amide bonds. The SMILES string of the molecule is Cc1nn2c(ccc3ccc(Oc4ccc5c6ccccc6n(-c6cc(-n7c8c(C)cccc8c8cccc(C)c87)ccn6)c5c4)cc32)c1C. The molecule has 0 saturated heterocycles. The Morgan fingerprint density at radius 2 is 1.18 bits per heavy atom. The van der Waals surface area contributed by atoms with Crippen LogP contribution in [0.15, 0.2) is 128 Å². The molecule has 10 aromatic rings. The summed E-state index contributed by atoms with van der Waals surface area (Å²) in [5, 5.41) is 10.8. The van der Waals surface area contributed by atoms with Crippen LogP contribution in [0, 0.1) is 27.7 Å². The second-order valence-electron chi connectivity index (χ2n) is 13.3. The molecule has 0 spiro atoms. The zero-order chi connectivity index (χ0) is 33.7. The second kappa shape index (κ2) is 10.5. The van der Waals surface area contributed by atoms with Crippen molar-refractivity contribution in [1.29, 1.82) is 0 Å². The highest BCUT2D eigenvalue weighted by Crippen LogP contribution is 2.38. The van der Waals surface area contributed by atoms with Crippen LogP contribution in [0.5, 0.6) is 11.5 Å². The maximum Gasteiger partial charge on any atom is 0.139 e. The van der Waals surface area contributed by atoms with Crippen molar-refractivity contribution in [2.45, 2.75) is 27.7 Å². The van der Waals surface area contributed by atoms with Gasteiger partial charge in [-0.3, -0.25) is 4.57 Å². The molecular formula is C44H33N5O. The number of nitrogens with zero attached hydrogens (tertiary/aromatic N) is 5. The van der Waals surface area contributed by atoms with Gasteiger partial charge in [-0.25, -0.2) is 9.50 Å². The molecule has 240 valence electrons. The molecule has 50 heavy (non-hydrogen) atoms. The number of aryl methyl sites for hydroxylation is 4. The molecule has 0 unspecified atom stereocenters. The molecule has 0 aliphatic heterocycles. The lowest BCUT2D eigenvalue weighted by Gasteiger charge is -2.14. The van der Waals surface area contributed by atoms with E-state index in [0.717, 1.165) is 61.5 Å². The van der Waals surface area contributed by atoms with Gasteiger partial charge in [0.05, 0.1) is 44.5 Å². The fourth-order valence-electron chi connectivity index (χ4n) is 7.86. The van der Waals surface area contributed by atoms with Crippen LogP contribution in [0.4, 0.5) is 0 Å². The molecule has 5 aromatic carbocycles. The number of aromatic nitrogens is 5. The predicted molar refractivity (Wildman–Crippen MR) is 205 cm³/mol. The fourth-order valence-corrected chi connectivity index (χ4v) is 7.86. The van der Waals surface area contributed by atoms with E-state index >= 15 is 0 Å². The smallest absolute Gasteiger partial charge is 0.139 e. The van der Waals surface area contributed by atoms with Crippen LogP contribution in [0.2, 0.25) is 0 Å². The number of pyridine rings is 2. The highest BCUT2D eigenvalue weighted by Gasteiger charge is 2.19. The average Bonchev–Trinajstić information content (AvgIpc) is 3.76. The topological polar surface area (TPSA) is 49.3 Å². The molecule has 0 bridgehead atoms. The molecular weight excluding hydrogens is 615 g/mol. The molecule has 0 N–H and O–H groups in total. The molecule has 6 nitrogen and oxygen atoms in total. The van der Waals surface area contributed by atoms with Gasteiger partial charge in [0.1, 0.15) is 17.3 Å². The summed E-state index contributed by atoms with van der Waals surface area (Å²) in [5.74, 6) is 2.36. The van der Waals surface area contributed by atoms with E-state index in [9.17, 15) is 0 Å². The minimum absolute atomic E-state index is 0.755. The van der Waals surface area contributed by atoms with Crippen molar-refractivity contribution >= 4 is 60.0 Å². The average molecular weight is 648 g/mol. The first-order valence-electron chi connectivity index (χ1n) is 17.0. The summed E-state index contributed by atoms with van der Waals surface area (Å²) >= 11 is 0.